The van der Waals surface area contributed by atoms with Gasteiger partial charge in [-0.25, -0.2) is 4.39 Å². The Labute approximate surface area is 75.9 Å². The molecule has 13 heavy (non-hydrogen) atoms. The molecule has 1 aromatic rings. The van der Waals surface area contributed by atoms with Crippen molar-refractivity contribution in [2.45, 2.75) is 6.54 Å². The quantitative estimate of drug-likeness (QED) is 0.724. The lowest BCUT2D eigenvalue weighted by Crippen LogP contribution is -2.04. The van der Waals surface area contributed by atoms with Crippen LogP contribution in [0.4, 0.5) is 4.39 Å². The molecule has 0 bridgehead atoms. The van der Waals surface area contributed by atoms with Gasteiger partial charge in [0.05, 0.1) is 6.61 Å². The molecule has 1 rings (SSSR count). The molecule has 72 valence electrons. The smallest absolute Gasteiger partial charge is 0.165 e. The normalized spacial score (nSPS) is 10.1. The molecule has 0 aliphatic rings. The monoisotopic (exact) mass is 185 g/mol. The maximum absolute atomic E-state index is 13.0. The summed E-state index contributed by atoms with van der Waals surface area (Å²) in [5.41, 5.74) is 6.17. The predicted octanol–water partition coefficient (Wildman–Crippen LogP) is 0.655. The number of rotatable bonds is 4. The van der Waals surface area contributed by atoms with Gasteiger partial charge in [-0.15, -0.1) is 0 Å². The second-order valence-electron chi connectivity index (χ2n) is 2.54. The topological polar surface area (TPSA) is 55.5 Å². The summed E-state index contributed by atoms with van der Waals surface area (Å²) in [6, 6.07) is 4.43. The van der Waals surface area contributed by atoms with Crippen molar-refractivity contribution in [3.63, 3.8) is 0 Å². The highest BCUT2D eigenvalue weighted by Gasteiger charge is 2.03. The molecule has 0 unspecified atom stereocenters. The third-order valence-corrected chi connectivity index (χ3v) is 1.58. The molecule has 0 spiro atoms. The summed E-state index contributed by atoms with van der Waals surface area (Å²) in [6.45, 7) is 0.299. The van der Waals surface area contributed by atoms with Crippen LogP contribution < -0.4 is 10.5 Å². The lowest BCUT2D eigenvalue weighted by atomic mass is 10.2. The highest BCUT2D eigenvalue weighted by atomic mass is 19.1. The molecule has 3 nitrogen and oxygen atoms in total. The molecular formula is C9H12FNO2. The minimum atomic E-state index is -0.439. The Kier molecular flexibility index (Phi) is 3.67. The van der Waals surface area contributed by atoms with E-state index in [1.807, 2.05) is 0 Å². The van der Waals surface area contributed by atoms with Crippen molar-refractivity contribution in [2.75, 3.05) is 13.2 Å². The standard InChI is InChI=1S/C9H12FNO2/c10-8-2-1-7(6-11)5-9(8)13-4-3-12/h1-2,5,12H,3-4,6,11H2. The predicted molar refractivity (Wildman–Crippen MR) is 46.9 cm³/mol. The van der Waals surface area contributed by atoms with E-state index in [-0.39, 0.29) is 19.0 Å². The van der Waals surface area contributed by atoms with E-state index in [4.69, 9.17) is 15.6 Å². The maximum atomic E-state index is 13.0. The molecular weight excluding hydrogens is 173 g/mol. The molecule has 0 heterocycles. The number of hydrogen-bond donors (Lipinski definition) is 2. The van der Waals surface area contributed by atoms with Crippen molar-refractivity contribution in [3.05, 3.63) is 29.6 Å². The van der Waals surface area contributed by atoms with Crippen LogP contribution in [-0.2, 0) is 6.54 Å². The van der Waals surface area contributed by atoms with Crippen LogP contribution >= 0.6 is 0 Å². The first-order valence-corrected chi connectivity index (χ1v) is 4.00. The molecule has 4 heteroatoms. The molecule has 0 fully saturated rings. The van der Waals surface area contributed by atoms with Crippen LogP contribution in [0.25, 0.3) is 0 Å². The third kappa shape index (κ3) is 2.68. The first-order valence-electron chi connectivity index (χ1n) is 4.00. The van der Waals surface area contributed by atoms with Gasteiger partial charge in [0, 0.05) is 6.54 Å². The Balaban J connectivity index is 2.78. The van der Waals surface area contributed by atoms with Crippen LogP contribution in [0.15, 0.2) is 18.2 Å². The minimum absolute atomic E-state index is 0.0882. The number of nitrogens with two attached hydrogens (primary N) is 1. The first-order chi connectivity index (χ1) is 6.27. The number of halogens is 1. The molecule has 0 aliphatic heterocycles. The average Bonchev–Trinajstić information content (AvgIpc) is 2.17. The van der Waals surface area contributed by atoms with E-state index < -0.39 is 5.82 Å². The fourth-order valence-corrected chi connectivity index (χ4v) is 0.941. The third-order valence-electron chi connectivity index (χ3n) is 1.58. The molecule has 0 aromatic heterocycles. The van der Waals surface area contributed by atoms with Gasteiger partial charge >= 0.3 is 0 Å². The van der Waals surface area contributed by atoms with Crippen molar-refractivity contribution < 1.29 is 14.2 Å². The second-order valence-corrected chi connectivity index (χ2v) is 2.54. The summed E-state index contributed by atoms with van der Waals surface area (Å²) < 4.78 is 17.9. The van der Waals surface area contributed by atoms with E-state index in [1.165, 1.54) is 12.1 Å². The van der Waals surface area contributed by atoms with Crippen LogP contribution in [0.5, 0.6) is 5.75 Å². The number of benzene rings is 1. The fraction of sp³-hybridized carbons (Fsp3) is 0.333. The van der Waals surface area contributed by atoms with Gasteiger partial charge in [-0.2, -0.15) is 0 Å². The number of ether oxygens (including phenoxy) is 1. The molecule has 0 aliphatic carbocycles. The highest BCUT2D eigenvalue weighted by Crippen LogP contribution is 2.18. The van der Waals surface area contributed by atoms with Gasteiger partial charge < -0.3 is 15.6 Å². The Morgan fingerprint density at radius 1 is 1.46 bits per heavy atom. The van der Waals surface area contributed by atoms with Gasteiger partial charge in [0.25, 0.3) is 0 Å². The maximum Gasteiger partial charge on any atom is 0.165 e. The Hall–Kier alpha value is -1.13. The first kappa shape index (κ1) is 9.95. The zero-order valence-corrected chi connectivity index (χ0v) is 7.16. The highest BCUT2D eigenvalue weighted by molar-refractivity contribution is 5.30. The largest absolute Gasteiger partial charge is 0.488 e. The lowest BCUT2D eigenvalue weighted by molar-refractivity contribution is 0.196. The zero-order chi connectivity index (χ0) is 9.68. The molecule has 3 N–H and O–H groups in total. The van der Waals surface area contributed by atoms with Crippen molar-refractivity contribution >= 4 is 0 Å². The van der Waals surface area contributed by atoms with E-state index in [9.17, 15) is 4.39 Å². The van der Waals surface area contributed by atoms with Crippen molar-refractivity contribution in [2.24, 2.45) is 5.73 Å². The average molecular weight is 185 g/mol. The molecule has 0 amide bonds. The zero-order valence-electron chi connectivity index (χ0n) is 7.16. The van der Waals surface area contributed by atoms with E-state index in [0.29, 0.717) is 6.54 Å². The molecule has 0 radical (unpaired) electrons. The molecule has 1 aromatic carbocycles. The van der Waals surface area contributed by atoms with Crippen LogP contribution in [0.1, 0.15) is 5.56 Å². The fourth-order valence-electron chi connectivity index (χ4n) is 0.941. The van der Waals surface area contributed by atoms with Crippen LogP contribution in [0, 0.1) is 5.82 Å². The number of aliphatic hydroxyl groups is 1. The summed E-state index contributed by atoms with van der Waals surface area (Å²) >= 11 is 0. The summed E-state index contributed by atoms with van der Waals surface area (Å²) in [4.78, 5) is 0. The van der Waals surface area contributed by atoms with E-state index >= 15 is 0 Å². The van der Waals surface area contributed by atoms with Gasteiger partial charge in [0.1, 0.15) is 6.61 Å². The van der Waals surface area contributed by atoms with E-state index in [1.54, 1.807) is 6.07 Å². The van der Waals surface area contributed by atoms with Gasteiger partial charge in [-0.05, 0) is 17.7 Å². The summed E-state index contributed by atoms with van der Waals surface area (Å²) in [5.74, 6) is -0.303. The Bertz CT molecular complexity index is 278. The molecule has 0 atom stereocenters. The summed E-state index contributed by atoms with van der Waals surface area (Å²) in [6.07, 6.45) is 0. The van der Waals surface area contributed by atoms with Gasteiger partial charge in [-0.3, -0.25) is 0 Å². The molecule has 0 saturated carbocycles. The Morgan fingerprint density at radius 3 is 2.85 bits per heavy atom. The minimum Gasteiger partial charge on any atom is -0.488 e. The SMILES string of the molecule is NCc1ccc(F)c(OCCO)c1. The molecule has 0 saturated heterocycles. The van der Waals surface area contributed by atoms with Crippen LogP contribution in [-0.4, -0.2) is 18.3 Å². The summed E-state index contributed by atoms with van der Waals surface area (Å²) in [7, 11) is 0. The summed E-state index contributed by atoms with van der Waals surface area (Å²) in [5, 5.41) is 8.47. The van der Waals surface area contributed by atoms with Crippen LogP contribution in [0.3, 0.4) is 0 Å². The number of aliphatic hydroxyl groups excluding tert-OH is 1. The lowest BCUT2D eigenvalue weighted by Gasteiger charge is -2.06. The van der Waals surface area contributed by atoms with Crippen molar-refractivity contribution in [1.82, 2.24) is 0 Å². The van der Waals surface area contributed by atoms with E-state index in [0.717, 1.165) is 5.56 Å². The van der Waals surface area contributed by atoms with Gasteiger partial charge in [0.15, 0.2) is 11.6 Å². The number of hydrogen-bond acceptors (Lipinski definition) is 3. The van der Waals surface area contributed by atoms with Crippen molar-refractivity contribution in [1.29, 1.82) is 0 Å². The second kappa shape index (κ2) is 4.79. The van der Waals surface area contributed by atoms with Gasteiger partial charge in [0.2, 0.25) is 0 Å². The van der Waals surface area contributed by atoms with Crippen LogP contribution in [0.2, 0.25) is 0 Å². The Morgan fingerprint density at radius 2 is 2.23 bits per heavy atom. The van der Waals surface area contributed by atoms with Crippen molar-refractivity contribution in [3.8, 4) is 5.75 Å². The van der Waals surface area contributed by atoms with E-state index in [2.05, 4.69) is 0 Å². The van der Waals surface area contributed by atoms with Gasteiger partial charge in [-0.1, -0.05) is 6.07 Å².